The molecule has 330 valence electrons. The smallest absolute Gasteiger partial charge is 0.123 e. The predicted molar refractivity (Wildman–Crippen MR) is 260 cm³/mol. The molecule has 0 saturated carbocycles. The zero-order valence-electron chi connectivity index (χ0n) is 41.4. The van der Waals surface area contributed by atoms with E-state index in [-0.39, 0.29) is 32.5 Å². The second-order valence-electron chi connectivity index (χ2n) is 23.5. The number of benzene rings is 4. The molecule has 0 aromatic heterocycles. The lowest BCUT2D eigenvalue weighted by Gasteiger charge is -2.31. The third-order valence-electron chi connectivity index (χ3n) is 12.1. The van der Waals surface area contributed by atoms with Crippen LogP contribution < -0.4 is 16.0 Å². The number of anilines is 3. The van der Waals surface area contributed by atoms with Crippen LogP contribution in [-0.4, -0.2) is 36.5 Å². The largest absolute Gasteiger partial charge is 0.507 e. The Bertz CT molecular complexity index is 1840. The molecular weight excluding hydrogens is 739 g/mol. The van der Waals surface area contributed by atoms with Crippen LogP contribution in [0.2, 0.25) is 0 Å². The van der Waals surface area contributed by atoms with Crippen LogP contribution in [0.15, 0.2) is 36.4 Å². The van der Waals surface area contributed by atoms with Crippen molar-refractivity contribution in [1.29, 1.82) is 0 Å². The highest BCUT2D eigenvalue weighted by Gasteiger charge is 2.32. The molecule has 6 N–H and O–H groups in total. The maximum Gasteiger partial charge on any atom is 0.123 e. The molecule has 6 heteroatoms. The highest BCUT2D eigenvalue weighted by molar-refractivity contribution is 5.84. The minimum Gasteiger partial charge on any atom is -0.507 e. The normalized spacial score (nSPS) is 13.2. The number of nitrogens with one attached hydrogen (secondary N) is 3. The fraction of sp³-hybridized carbons (Fsp3) is 0.556. The molecule has 4 aromatic rings. The van der Waals surface area contributed by atoms with E-state index in [2.05, 4.69) is 177 Å². The standard InChI is InChI=1S/C54H81N3O3/c1-49(2,3)37-25-31(26-38(46(37)58)50(4,5)6)22-34-43(55-19)35(23-32-27-39(51(7,8)9)47(59)40(28-32)52(10,11)12)45(57-21)36(44(34)56-20)24-33-29-41(53(13,14)15)48(60)42(30-33)54(16,17)18/h25-30,55-60H,22-24H2,1-21H3. The van der Waals surface area contributed by atoms with Crippen LogP contribution in [0.5, 0.6) is 17.2 Å². The van der Waals surface area contributed by atoms with E-state index >= 15 is 0 Å². The minimum atomic E-state index is -0.271. The Morgan fingerprint density at radius 3 is 0.583 bits per heavy atom. The third kappa shape index (κ3) is 10.1. The first kappa shape index (κ1) is 48.3. The van der Waals surface area contributed by atoms with Crippen LogP contribution in [0.4, 0.5) is 17.1 Å². The molecule has 0 atom stereocenters. The lowest BCUT2D eigenvalue weighted by atomic mass is 9.76. The third-order valence-corrected chi connectivity index (χ3v) is 12.1. The molecule has 0 bridgehead atoms. The van der Waals surface area contributed by atoms with Gasteiger partial charge in [-0.25, -0.2) is 0 Å². The molecule has 0 spiro atoms. The molecule has 0 aliphatic heterocycles. The van der Waals surface area contributed by atoms with Crippen LogP contribution in [0, 0.1) is 0 Å². The van der Waals surface area contributed by atoms with Crippen molar-refractivity contribution in [1.82, 2.24) is 0 Å². The summed E-state index contributed by atoms with van der Waals surface area (Å²) in [4.78, 5) is 0. The summed E-state index contributed by atoms with van der Waals surface area (Å²) in [5.74, 6) is 1.13. The predicted octanol–water partition coefficient (Wildman–Crippen LogP) is 13.5. The molecule has 0 aliphatic rings. The Kier molecular flexibility index (Phi) is 13.3. The van der Waals surface area contributed by atoms with Crippen LogP contribution in [0.1, 0.15) is 191 Å². The van der Waals surface area contributed by atoms with E-state index in [1.54, 1.807) is 0 Å². The van der Waals surface area contributed by atoms with Crippen molar-refractivity contribution in [2.75, 3.05) is 37.1 Å². The fourth-order valence-electron chi connectivity index (χ4n) is 8.79. The maximum atomic E-state index is 11.7. The van der Waals surface area contributed by atoms with Gasteiger partial charge in [-0.15, -0.1) is 0 Å². The molecule has 0 radical (unpaired) electrons. The van der Waals surface area contributed by atoms with Crippen LogP contribution >= 0.6 is 0 Å². The monoisotopic (exact) mass is 820 g/mol. The number of hydrogen-bond donors (Lipinski definition) is 6. The van der Waals surface area contributed by atoms with Gasteiger partial charge >= 0.3 is 0 Å². The van der Waals surface area contributed by atoms with Gasteiger partial charge in [0.25, 0.3) is 0 Å². The second-order valence-corrected chi connectivity index (χ2v) is 23.5. The van der Waals surface area contributed by atoms with Gasteiger partial charge in [0, 0.05) is 74.2 Å². The minimum absolute atomic E-state index is 0.271. The van der Waals surface area contributed by atoms with E-state index < -0.39 is 0 Å². The zero-order chi connectivity index (χ0) is 45.9. The quantitative estimate of drug-likeness (QED) is 0.101. The summed E-state index contributed by atoms with van der Waals surface area (Å²) < 4.78 is 0. The van der Waals surface area contributed by atoms with Crippen LogP contribution in [-0.2, 0) is 51.8 Å². The first-order valence-electron chi connectivity index (χ1n) is 22.0. The van der Waals surface area contributed by atoms with E-state index in [4.69, 9.17) is 0 Å². The van der Waals surface area contributed by atoms with E-state index in [0.717, 1.165) is 83.8 Å². The molecular formula is C54H81N3O3. The summed E-state index contributed by atoms with van der Waals surface area (Å²) in [6.45, 7) is 39.0. The van der Waals surface area contributed by atoms with Gasteiger partial charge in [0.1, 0.15) is 17.2 Å². The molecule has 0 amide bonds. The maximum absolute atomic E-state index is 11.7. The van der Waals surface area contributed by atoms with Crippen molar-refractivity contribution < 1.29 is 15.3 Å². The molecule has 0 fully saturated rings. The van der Waals surface area contributed by atoms with Gasteiger partial charge in [-0.1, -0.05) is 161 Å². The Morgan fingerprint density at radius 2 is 0.467 bits per heavy atom. The van der Waals surface area contributed by atoms with Crippen molar-refractivity contribution in [3.63, 3.8) is 0 Å². The molecule has 0 aliphatic carbocycles. The van der Waals surface area contributed by atoms with Crippen molar-refractivity contribution in [3.05, 3.63) is 103 Å². The van der Waals surface area contributed by atoms with Gasteiger partial charge in [0.15, 0.2) is 0 Å². The average molecular weight is 820 g/mol. The number of aromatic hydroxyl groups is 3. The van der Waals surface area contributed by atoms with E-state index in [1.165, 1.54) is 0 Å². The van der Waals surface area contributed by atoms with Crippen LogP contribution in [0.25, 0.3) is 0 Å². The topological polar surface area (TPSA) is 96.8 Å². The number of phenolic OH excluding ortho intramolecular Hbond substituents is 3. The van der Waals surface area contributed by atoms with Gasteiger partial charge < -0.3 is 31.3 Å². The van der Waals surface area contributed by atoms with Gasteiger partial charge in [-0.05, 0) is 82.6 Å². The van der Waals surface area contributed by atoms with Crippen molar-refractivity contribution >= 4 is 17.1 Å². The van der Waals surface area contributed by atoms with E-state index in [9.17, 15) is 15.3 Å². The lowest BCUT2D eigenvalue weighted by Crippen LogP contribution is -2.19. The molecule has 60 heavy (non-hydrogen) atoms. The molecule has 4 rings (SSSR count). The zero-order valence-corrected chi connectivity index (χ0v) is 41.4. The highest BCUT2D eigenvalue weighted by atomic mass is 16.3. The van der Waals surface area contributed by atoms with Crippen molar-refractivity contribution in [2.45, 2.75) is 176 Å². The average Bonchev–Trinajstić information content (AvgIpc) is 3.07. The molecule has 0 heterocycles. The first-order chi connectivity index (χ1) is 27.2. The van der Waals surface area contributed by atoms with E-state index in [1.807, 2.05) is 21.1 Å². The summed E-state index contributed by atoms with van der Waals surface area (Å²) >= 11 is 0. The van der Waals surface area contributed by atoms with Gasteiger partial charge in [-0.3, -0.25) is 0 Å². The van der Waals surface area contributed by atoms with Crippen molar-refractivity contribution in [3.8, 4) is 17.2 Å². The first-order valence-corrected chi connectivity index (χ1v) is 22.0. The molecule has 0 unspecified atom stereocenters. The Labute approximate surface area is 365 Å². The summed E-state index contributed by atoms with van der Waals surface area (Å²) in [7, 11) is 6.05. The Morgan fingerprint density at radius 1 is 0.317 bits per heavy atom. The number of phenols is 3. The van der Waals surface area contributed by atoms with Crippen molar-refractivity contribution in [2.24, 2.45) is 0 Å². The summed E-state index contributed by atoms with van der Waals surface area (Å²) in [5, 5.41) is 46.3. The summed E-state index contributed by atoms with van der Waals surface area (Å²) in [5.41, 5.74) is 14.0. The molecule has 0 saturated heterocycles. The number of hydrogen-bond acceptors (Lipinski definition) is 6. The molecule has 6 nitrogen and oxygen atoms in total. The van der Waals surface area contributed by atoms with Crippen LogP contribution in [0.3, 0.4) is 0 Å². The lowest BCUT2D eigenvalue weighted by molar-refractivity contribution is 0.422. The highest BCUT2D eigenvalue weighted by Crippen LogP contribution is 2.48. The SMILES string of the molecule is CNc1c(Cc2cc(C(C)(C)C)c(O)c(C(C)(C)C)c2)c(NC)c(Cc2cc(C(C)(C)C)c(O)c(C(C)(C)C)c2)c(NC)c1Cc1cc(C(C)(C)C)c(O)c(C(C)(C)C)c1. The fourth-order valence-corrected chi connectivity index (χ4v) is 8.79. The van der Waals surface area contributed by atoms with Gasteiger partial charge in [0.05, 0.1) is 0 Å². The van der Waals surface area contributed by atoms with Gasteiger partial charge in [-0.2, -0.15) is 0 Å². The molecule has 4 aromatic carbocycles. The van der Waals surface area contributed by atoms with Gasteiger partial charge in [0.2, 0.25) is 0 Å². The summed E-state index contributed by atoms with van der Waals surface area (Å²) in [6, 6.07) is 13.2. The second kappa shape index (κ2) is 16.5. The Balaban J connectivity index is 2.21. The van der Waals surface area contributed by atoms with E-state index in [0.29, 0.717) is 36.5 Å². The number of rotatable bonds is 9. The summed E-state index contributed by atoms with van der Waals surface area (Å²) in [6.07, 6.45) is 1.86. The Hall–Kier alpha value is -4.32.